The van der Waals surface area contributed by atoms with Crippen molar-refractivity contribution >= 4 is 28.0 Å². The minimum Gasteiger partial charge on any atom is -0.465 e. The van der Waals surface area contributed by atoms with E-state index in [9.17, 15) is 4.79 Å². The van der Waals surface area contributed by atoms with Crippen LogP contribution in [0.2, 0.25) is 0 Å². The SMILES string of the molecule is COC(=O)c1sc(N(C)CC2CCCC2)cc1N. The number of nitrogens with zero attached hydrogens (tertiary/aromatic N) is 1. The highest BCUT2D eigenvalue weighted by atomic mass is 32.1. The smallest absolute Gasteiger partial charge is 0.350 e. The van der Waals surface area contributed by atoms with Crippen molar-refractivity contribution in [2.75, 3.05) is 31.3 Å². The number of ether oxygens (including phenoxy) is 1. The van der Waals surface area contributed by atoms with Crippen LogP contribution in [0.3, 0.4) is 0 Å². The molecule has 4 nitrogen and oxygen atoms in total. The molecule has 2 rings (SSSR count). The Morgan fingerprint density at radius 2 is 2.22 bits per heavy atom. The molecule has 0 unspecified atom stereocenters. The zero-order valence-corrected chi connectivity index (χ0v) is 11.8. The molecule has 0 radical (unpaired) electrons. The number of nitrogens with two attached hydrogens (primary N) is 1. The summed E-state index contributed by atoms with van der Waals surface area (Å²) in [5, 5.41) is 1.04. The van der Waals surface area contributed by atoms with E-state index in [0.29, 0.717) is 10.6 Å². The average Bonchev–Trinajstić information content (AvgIpc) is 2.97. The first kappa shape index (κ1) is 13.2. The van der Waals surface area contributed by atoms with E-state index in [0.717, 1.165) is 17.5 Å². The van der Waals surface area contributed by atoms with Gasteiger partial charge in [0.25, 0.3) is 0 Å². The lowest BCUT2D eigenvalue weighted by molar-refractivity contribution is 0.0607. The zero-order valence-electron chi connectivity index (χ0n) is 10.9. The topological polar surface area (TPSA) is 55.6 Å². The largest absolute Gasteiger partial charge is 0.465 e. The fourth-order valence-electron chi connectivity index (χ4n) is 2.50. The first-order valence-electron chi connectivity index (χ1n) is 6.30. The number of methoxy groups -OCH3 is 1. The third-order valence-corrected chi connectivity index (χ3v) is 4.75. The number of esters is 1. The summed E-state index contributed by atoms with van der Waals surface area (Å²) in [4.78, 5) is 14.2. The molecular formula is C13H20N2O2S. The second-order valence-electron chi connectivity index (χ2n) is 4.89. The summed E-state index contributed by atoms with van der Waals surface area (Å²) in [6.07, 6.45) is 5.32. The summed E-state index contributed by atoms with van der Waals surface area (Å²) in [7, 11) is 3.44. The normalized spacial score (nSPS) is 15.9. The van der Waals surface area contributed by atoms with Gasteiger partial charge in [0.2, 0.25) is 0 Å². The molecule has 18 heavy (non-hydrogen) atoms. The molecule has 1 aliphatic carbocycles. The Morgan fingerprint density at radius 3 is 2.83 bits per heavy atom. The molecule has 0 amide bonds. The summed E-state index contributed by atoms with van der Waals surface area (Å²) >= 11 is 1.41. The number of hydrogen-bond acceptors (Lipinski definition) is 5. The quantitative estimate of drug-likeness (QED) is 0.853. The number of carbonyl (C=O) groups excluding carboxylic acids is 1. The van der Waals surface area contributed by atoms with Gasteiger partial charge in [-0.15, -0.1) is 11.3 Å². The van der Waals surface area contributed by atoms with Gasteiger partial charge in [0.15, 0.2) is 0 Å². The van der Waals surface area contributed by atoms with Crippen LogP contribution in [0.1, 0.15) is 35.4 Å². The Morgan fingerprint density at radius 1 is 1.56 bits per heavy atom. The lowest BCUT2D eigenvalue weighted by Gasteiger charge is -2.21. The Hall–Kier alpha value is -1.23. The number of nitrogen functional groups attached to an aromatic ring is 1. The molecule has 0 aliphatic heterocycles. The molecule has 1 aliphatic rings. The van der Waals surface area contributed by atoms with Crippen LogP contribution in [0.5, 0.6) is 0 Å². The molecule has 0 atom stereocenters. The van der Waals surface area contributed by atoms with Gasteiger partial charge in [0.05, 0.1) is 17.8 Å². The van der Waals surface area contributed by atoms with E-state index >= 15 is 0 Å². The molecule has 1 aromatic rings. The standard InChI is InChI=1S/C13H20N2O2S/c1-15(8-9-5-3-4-6-9)11-7-10(14)12(18-11)13(16)17-2/h7,9H,3-6,8,14H2,1-2H3. The summed E-state index contributed by atoms with van der Waals surface area (Å²) in [6.45, 7) is 1.04. The fraction of sp³-hybridized carbons (Fsp3) is 0.615. The summed E-state index contributed by atoms with van der Waals surface area (Å²) < 4.78 is 4.72. The molecule has 5 heteroatoms. The summed E-state index contributed by atoms with van der Waals surface area (Å²) in [5.74, 6) is 0.429. The number of carbonyl (C=O) groups is 1. The van der Waals surface area contributed by atoms with Crippen LogP contribution in [0.4, 0.5) is 10.7 Å². The van der Waals surface area contributed by atoms with Crippen LogP contribution in [0.25, 0.3) is 0 Å². The van der Waals surface area contributed by atoms with Gasteiger partial charge in [-0.25, -0.2) is 4.79 Å². The van der Waals surface area contributed by atoms with E-state index in [2.05, 4.69) is 11.9 Å². The lowest BCUT2D eigenvalue weighted by Crippen LogP contribution is -2.22. The number of hydrogen-bond donors (Lipinski definition) is 1. The van der Waals surface area contributed by atoms with Crippen molar-refractivity contribution in [1.82, 2.24) is 0 Å². The monoisotopic (exact) mass is 268 g/mol. The third kappa shape index (κ3) is 2.77. The van der Waals surface area contributed by atoms with Crippen LogP contribution in [-0.4, -0.2) is 26.7 Å². The first-order chi connectivity index (χ1) is 8.61. The Labute approximate surface area is 112 Å². The van der Waals surface area contributed by atoms with E-state index in [1.54, 1.807) is 0 Å². The van der Waals surface area contributed by atoms with Gasteiger partial charge in [-0.3, -0.25) is 0 Å². The van der Waals surface area contributed by atoms with Crippen molar-refractivity contribution in [3.8, 4) is 0 Å². The van der Waals surface area contributed by atoms with Crippen molar-refractivity contribution in [3.63, 3.8) is 0 Å². The molecule has 0 aromatic carbocycles. The molecule has 1 saturated carbocycles. The fourth-order valence-corrected chi connectivity index (χ4v) is 3.47. The third-order valence-electron chi connectivity index (χ3n) is 3.50. The highest BCUT2D eigenvalue weighted by Gasteiger charge is 2.20. The first-order valence-corrected chi connectivity index (χ1v) is 7.12. The van der Waals surface area contributed by atoms with E-state index in [1.165, 1.54) is 44.1 Å². The molecule has 0 spiro atoms. The minimum absolute atomic E-state index is 0.349. The van der Waals surface area contributed by atoms with Crippen molar-refractivity contribution in [3.05, 3.63) is 10.9 Å². The average molecular weight is 268 g/mol. The van der Waals surface area contributed by atoms with Crippen LogP contribution in [0.15, 0.2) is 6.07 Å². The predicted molar refractivity (Wildman–Crippen MR) is 75.3 cm³/mol. The lowest BCUT2D eigenvalue weighted by atomic mass is 10.1. The maximum absolute atomic E-state index is 11.5. The highest BCUT2D eigenvalue weighted by Crippen LogP contribution is 2.34. The highest BCUT2D eigenvalue weighted by molar-refractivity contribution is 7.18. The van der Waals surface area contributed by atoms with Gasteiger partial charge in [-0.1, -0.05) is 12.8 Å². The number of anilines is 2. The van der Waals surface area contributed by atoms with Gasteiger partial charge < -0.3 is 15.4 Å². The van der Waals surface area contributed by atoms with Crippen LogP contribution in [-0.2, 0) is 4.74 Å². The van der Waals surface area contributed by atoms with Crippen LogP contribution < -0.4 is 10.6 Å². The van der Waals surface area contributed by atoms with Crippen molar-refractivity contribution < 1.29 is 9.53 Å². The van der Waals surface area contributed by atoms with Gasteiger partial charge in [-0.05, 0) is 24.8 Å². The maximum atomic E-state index is 11.5. The van der Waals surface area contributed by atoms with Crippen molar-refractivity contribution in [1.29, 1.82) is 0 Å². The molecule has 1 fully saturated rings. The Bertz CT molecular complexity index is 425. The van der Waals surface area contributed by atoms with E-state index in [4.69, 9.17) is 10.5 Å². The molecule has 1 aromatic heterocycles. The van der Waals surface area contributed by atoms with Crippen molar-refractivity contribution in [2.45, 2.75) is 25.7 Å². The molecule has 1 heterocycles. The van der Waals surface area contributed by atoms with E-state index in [-0.39, 0.29) is 5.97 Å². The predicted octanol–water partition coefficient (Wildman–Crippen LogP) is 2.74. The minimum atomic E-state index is -0.349. The number of thiophene rings is 1. The van der Waals surface area contributed by atoms with Crippen molar-refractivity contribution in [2.24, 2.45) is 5.92 Å². The Kier molecular flexibility index (Phi) is 4.11. The molecule has 0 saturated heterocycles. The molecular weight excluding hydrogens is 248 g/mol. The van der Waals surface area contributed by atoms with E-state index in [1.807, 2.05) is 6.07 Å². The maximum Gasteiger partial charge on any atom is 0.350 e. The van der Waals surface area contributed by atoms with Crippen LogP contribution >= 0.6 is 11.3 Å². The molecule has 2 N–H and O–H groups in total. The van der Waals surface area contributed by atoms with Gasteiger partial charge in [0.1, 0.15) is 4.88 Å². The molecule has 100 valence electrons. The Balaban J connectivity index is 2.05. The second-order valence-corrected chi connectivity index (χ2v) is 5.92. The van der Waals surface area contributed by atoms with E-state index < -0.39 is 0 Å². The van der Waals surface area contributed by atoms with Crippen LogP contribution in [0, 0.1) is 5.92 Å². The summed E-state index contributed by atoms with van der Waals surface area (Å²) in [5.41, 5.74) is 6.36. The summed E-state index contributed by atoms with van der Waals surface area (Å²) in [6, 6.07) is 1.87. The van der Waals surface area contributed by atoms with Gasteiger partial charge in [0, 0.05) is 13.6 Å². The zero-order chi connectivity index (χ0) is 13.1. The molecule has 0 bridgehead atoms. The second kappa shape index (κ2) is 5.61. The number of rotatable bonds is 4. The van der Waals surface area contributed by atoms with Gasteiger partial charge in [-0.2, -0.15) is 0 Å². The van der Waals surface area contributed by atoms with Gasteiger partial charge >= 0.3 is 5.97 Å².